The highest BCUT2D eigenvalue weighted by molar-refractivity contribution is 9.11. The summed E-state index contributed by atoms with van der Waals surface area (Å²) in [5.74, 6) is -0.298. The van der Waals surface area contributed by atoms with Crippen molar-refractivity contribution in [2.24, 2.45) is 0 Å². The van der Waals surface area contributed by atoms with Crippen molar-refractivity contribution in [2.45, 2.75) is 0 Å². The number of hydrogen-bond donors (Lipinski definition) is 0. The van der Waals surface area contributed by atoms with E-state index in [1.165, 1.54) is 11.3 Å². The first kappa shape index (κ1) is 10.7. The predicted octanol–water partition coefficient (Wildman–Crippen LogP) is 2.31. The molecular weight excluding hydrogens is 256 g/mol. The summed E-state index contributed by atoms with van der Waals surface area (Å²) in [4.78, 5) is 11.8. The molecule has 0 aliphatic heterocycles. The molecule has 0 unspecified atom stereocenters. The summed E-state index contributed by atoms with van der Waals surface area (Å²) in [5.41, 5.74) is 0. The topological polar surface area (TPSA) is 35.5 Å². The normalized spacial score (nSPS) is 10.0. The molecule has 0 spiro atoms. The van der Waals surface area contributed by atoms with Crippen molar-refractivity contribution in [2.75, 3.05) is 20.3 Å². The summed E-state index contributed by atoms with van der Waals surface area (Å²) in [6.45, 7) is 0.725. The van der Waals surface area contributed by atoms with Crippen LogP contribution in [0.4, 0.5) is 0 Å². The zero-order valence-corrected chi connectivity index (χ0v) is 9.48. The molecule has 0 N–H and O–H groups in total. The smallest absolute Gasteiger partial charge is 0.348 e. The molecule has 3 nitrogen and oxygen atoms in total. The zero-order chi connectivity index (χ0) is 9.68. The first-order valence-corrected chi connectivity index (χ1v) is 5.26. The van der Waals surface area contributed by atoms with Gasteiger partial charge in [0.05, 0.1) is 10.4 Å². The van der Waals surface area contributed by atoms with Gasteiger partial charge in [0, 0.05) is 7.11 Å². The van der Waals surface area contributed by atoms with Gasteiger partial charge in [0.1, 0.15) is 11.5 Å². The number of methoxy groups -OCH3 is 1. The van der Waals surface area contributed by atoms with Gasteiger partial charge in [-0.25, -0.2) is 4.79 Å². The number of ether oxygens (including phenoxy) is 2. The highest BCUT2D eigenvalue weighted by atomic mass is 79.9. The minimum atomic E-state index is -0.298. The van der Waals surface area contributed by atoms with Crippen LogP contribution in [0, 0.1) is 0 Å². The summed E-state index contributed by atoms with van der Waals surface area (Å²) in [6, 6.07) is 3.54. The molecule has 0 fully saturated rings. The molecule has 0 aromatic carbocycles. The van der Waals surface area contributed by atoms with Crippen molar-refractivity contribution in [1.82, 2.24) is 0 Å². The van der Waals surface area contributed by atoms with E-state index >= 15 is 0 Å². The molecular formula is C8H9BrO3S. The molecule has 72 valence electrons. The lowest BCUT2D eigenvalue weighted by Crippen LogP contribution is -2.08. The minimum Gasteiger partial charge on any atom is -0.459 e. The molecule has 0 atom stereocenters. The molecule has 1 heterocycles. The first-order chi connectivity index (χ1) is 6.24. The SMILES string of the molecule is COCCOC(=O)c1ccc(Br)s1. The predicted molar refractivity (Wildman–Crippen MR) is 54.2 cm³/mol. The lowest BCUT2D eigenvalue weighted by Gasteiger charge is -2.00. The molecule has 1 aromatic heterocycles. The fourth-order valence-electron chi connectivity index (χ4n) is 0.713. The largest absolute Gasteiger partial charge is 0.459 e. The molecule has 0 amide bonds. The molecule has 0 bridgehead atoms. The Hall–Kier alpha value is -0.390. The van der Waals surface area contributed by atoms with Gasteiger partial charge < -0.3 is 9.47 Å². The van der Waals surface area contributed by atoms with E-state index in [0.29, 0.717) is 18.1 Å². The molecule has 0 radical (unpaired) electrons. The van der Waals surface area contributed by atoms with E-state index in [4.69, 9.17) is 9.47 Å². The standard InChI is InChI=1S/C8H9BrO3S/c1-11-4-5-12-8(10)6-2-3-7(9)13-6/h2-3H,4-5H2,1H3. The summed E-state index contributed by atoms with van der Waals surface area (Å²) >= 11 is 4.62. The van der Waals surface area contributed by atoms with Crippen LogP contribution in [0.25, 0.3) is 0 Å². The third-order valence-electron chi connectivity index (χ3n) is 1.29. The Balaban J connectivity index is 2.40. The lowest BCUT2D eigenvalue weighted by atomic mass is 10.5. The highest BCUT2D eigenvalue weighted by Crippen LogP contribution is 2.22. The Labute approximate surface area is 88.8 Å². The van der Waals surface area contributed by atoms with Crippen LogP contribution in [-0.2, 0) is 9.47 Å². The van der Waals surface area contributed by atoms with E-state index in [2.05, 4.69) is 15.9 Å². The van der Waals surface area contributed by atoms with Crippen LogP contribution in [-0.4, -0.2) is 26.3 Å². The van der Waals surface area contributed by atoms with Gasteiger partial charge in [0.15, 0.2) is 0 Å². The van der Waals surface area contributed by atoms with E-state index in [1.807, 2.05) is 6.07 Å². The lowest BCUT2D eigenvalue weighted by molar-refractivity contribution is 0.0393. The van der Waals surface area contributed by atoms with Crippen LogP contribution < -0.4 is 0 Å². The Morgan fingerprint density at radius 1 is 1.54 bits per heavy atom. The molecule has 1 aromatic rings. The van der Waals surface area contributed by atoms with E-state index in [0.717, 1.165) is 3.79 Å². The number of esters is 1. The summed E-state index contributed by atoms with van der Waals surface area (Å²) < 4.78 is 10.6. The van der Waals surface area contributed by atoms with Crippen molar-refractivity contribution in [3.63, 3.8) is 0 Å². The second kappa shape index (κ2) is 5.36. The molecule has 1 rings (SSSR count). The Morgan fingerprint density at radius 3 is 2.85 bits per heavy atom. The van der Waals surface area contributed by atoms with Crippen molar-refractivity contribution in [1.29, 1.82) is 0 Å². The number of thiophene rings is 1. The fraction of sp³-hybridized carbons (Fsp3) is 0.375. The van der Waals surface area contributed by atoms with Crippen LogP contribution in [0.5, 0.6) is 0 Å². The number of carbonyl (C=O) groups excluding carboxylic acids is 1. The second-order valence-corrected chi connectivity index (χ2v) is 4.70. The second-order valence-electron chi connectivity index (χ2n) is 2.23. The van der Waals surface area contributed by atoms with E-state index in [-0.39, 0.29) is 5.97 Å². The fourth-order valence-corrected chi connectivity index (χ4v) is 1.99. The average molecular weight is 265 g/mol. The first-order valence-electron chi connectivity index (χ1n) is 3.65. The van der Waals surface area contributed by atoms with Crippen LogP contribution >= 0.6 is 27.3 Å². The van der Waals surface area contributed by atoms with Crippen molar-refractivity contribution in [3.05, 3.63) is 20.8 Å². The van der Waals surface area contributed by atoms with Gasteiger partial charge in [-0.2, -0.15) is 0 Å². The third-order valence-corrected chi connectivity index (χ3v) is 2.90. The van der Waals surface area contributed by atoms with Gasteiger partial charge in [-0.3, -0.25) is 0 Å². The molecule has 0 saturated carbocycles. The number of rotatable bonds is 4. The zero-order valence-electron chi connectivity index (χ0n) is 7.08. The Kier molecular flexibility index (Phi) is 4.41. The van der Waals surface area contributed by atoms with Crippen molar-refractivity contribution >= 4 is 33.2 Å². The van der Waals surface area contributed by atoms with Crippen LogP contribution in [0.2, 0.25) is 0 Å². The molecule has 13 heavy (non-hydrogen) atoms. The van der Waals surface area contributed by atoms with Crippen LogP contribution in [0.1, 0.15) is 9.67 Å². The van der Waals surface area contributed by atoms with Gasteiger partial charge in [-0.1, -0.05) is 0 Å². The summed E-state index contributed by atoms with van der Waals surface area (Å²) in [7, 11) is 1.57. The maximum Gasteiger partial charge on any atom is 0.348 e. The van der Waals surface area contributed by atoms with Gasteiger partial charge in [-0.05, 0) is 28.1 Å². The number of hydrogen-bond acceptors (Lipinski definition) is 4. The maximum absolute atomic E-state index is 11.2. The third kappa shape index (κ3) is 3.46. The molecule has 0 saturated heterocycles. The van der Waals surface area contributed by atoms with Crippen LogP contribution in [0.15, 0.2) is 15.9 Å². The Morgan fingerprint density at radius 2 is 2.31 bits per heavy atom. The van der Waals surface area contributed by atoms with E-state index in [9.17, 15) is 4.79 Å². The Bertz CT molecular complexity index is 285. The van der Waals surface area contributed by atoms with Crippen molar-refractivity contribution in [3.8, 4) is 0 Å². The maximum atomic E-state index is 11.2. The highest BCUT2D eigenvalue weighted by Gasteiger charge is 2.08. The number of halogens is 1. The number of carbonyl (C=O) groups is 1. The quantitative estimate of drug-likeness (QED) is 0.619. The summed E-state index contributed by atoms with van der Waals surface area (Å²) in [5, 5.41) is 0. The molecule has 0 aliphatic rings. The van der Waals surface area contributed by atoms with Crippen molar-refractivity contribution < 1.29 is 14.3 Å². The van der Waals surface area contributed by atoms with E-state index in [1.54, 1.807) is 13.2 Å². The monoisotopic (exact) mass is 264 g/mol. The molecule has 0 aliphatic carbocycles. The average Bonchev–Trinajstić information content (AvgIpc) is 2.52. The van der Waals surface area contributed by atoms with Crippen LogP contribution in [0.3, 0.4) is 0 Å². The van der Waals surface area contributed by atoms with Gasteiger partial charge >= 0.3 is 5.97 Å². The molecule has 5 heteroatoms. The van der Waals surface area contributed by atoms with Gasteiger partial charge in [0.25, 0.3) is 0 Å². The summed E-state index contributed by atoms with van der Waals surface area (Å²) in [6.07, 6.45) is 0. The van der Waals surface area contributed by atoms with Gasteiger partial charge in [0.2, 0.25) is 0 Å². The minimum absolute atomic E-state index is 0.296. The van der Waals surface area contributed by atoms with E-state index < -0.39 is 0 Å². The van der Waals surface area contributed by atoms with Gasteiger partial charge in [-0.15, -0.1) is 11.3 Å².